The van der Waals surface area contributed by atoms with Crippen molar-refractivity contribution in [3.05, 3.63) is 35.7 Å². The van der Waals surface area contributed by atoms with Crippen molar-refractivity contribution in [1.29, 1.82) is 0 Å². The molecule has 158 valence electrons. The van der Waals surface area contributed by atoms with E-state index in [1.54, 1.807) is 19.1 Å². The minimum Gasteiger partial charge on any atom is -0.352 e. The highest BCUT2D eigenvalue weighted by Crippen LogP contribution is 2.34. The molecule has 0 bridgehead atoms. The lowest BCUT2D eigenvalue weighted by atomic mass is 10.2. The topological polar surface area (TPSA) is 117 Å². The van der Waals surface area contributed by atoms with Gasteiger partial charge in [0.1, 0.15) is 11.3 Å². The van der Waals surface area contributed by atoms with Gasteiger partial charge in [-0.15, -0.1) is 0 Å². The summed E-state index contributed by atoms with van der Waals surface area (Å²) in [5, 5.41) is 5.63. The van der Waals surface area contributed by atoms with Crippen molar-refractivity contribution < 1.29 is 22.0 Å². The molecule has 0 aliphatic heterocycles. The number of benzene rings is 1. The zero-order valence-electron chi connectivity index (χ0n) is 16.2. The SMILES string of the molecule is Cc1ccc(Nc2cc(NC(=O)C3CC3)nc3[nH]c(C(F)F)nc23)c(S(C)(=O)=O)c1. The van der Waals surface area contributed by atoms with E-state index in [9.17, 15) is 22.0 Å². The third-order valence-electron chi connectivity index (χ3n) is 4.68. The number of sulfone groups is 1. The first-order valence-electron chi connectivity index (χ1n) is 9.19. The summed E-state index contributed by atoms with van der Waals surface area (Å²) < 4.78 is 50.8. The van der Waals surface area contributed by atoms with Gasteiger partial charge in [0.15, 0.2) is 21.3 Å². The molecule has 1 aliphatic rings. The Morgan fingerprint density at radius 1 is 1.20 bits per heavy atom. The average Bonchev–Trinajstić information content (AvgIpc) is 3.41. The second-order valence-corrected chi connectivity index (χ2v) is 9.32. The summed E-state index contributed by atoms with van der Waals surface area (Å²) in [7, 11) is -3.57. The van der Waals surface area contributed by atoms with E-state index in [4.69, 9.17) is 0 Å². The standard InChI is InChI=1S/C19H19F2N5O3S/c1-9-3-6-11(13(7-9)30(2,28)29)22-12-8-14(24-19(27)10-4-5-10)23-17-15(12)25-18(26-17)16(20)21/h3,6-8,10,16H,4-5H2,1-2H3,(H3,22,23,24,25,26,27). The fourth-order valence-electron chi connectivity index (χ4n) is 3.03. The van der Waals surface area contributed by atoms with Crippen molar-refractivity contribution in [1.82, 2.24) is 15.0 Å². The Hall–Kier alpha value is -3.08. The molecule has 0 radical (unpaired) electrons. The number of halogens is 2. The number of rotatable bonds is 6. The second kappa shape index (κ2) is 7.31. The number of aromatic nitrogens is 3. The lowest BCUT2D eigenvalue weighted by Gasteiger charge is -2.13. The van der Waals surface area contributed by atoms with Crippen LogP contribution in [0.1, 0.15) is 30.7 Å². The molecule has 0 spiro atoms. The molecule has 30 heavy (non-hydrogen) atoms. The summed E-state index contributed by atoms with van der Waals surface area (Å²) in [5.74, 6) is -0.697. The van der Waals surface area contributed by atoms with E-state index in [0.29, 0.717) is 0 Å². The monoisotopic (exact) mass is 435 g/mol. The highest BCUT2D eigenvalue weighted by atomic mass is 32.2. The van der Waals surface area contributed by atoms with Gasteiger partial charge in [0.05, 0.1) is 16.3 Å². The van der Waals surface area contributed by atoms with E-state index in [1.165, 1.54) is 12.1 Å². The van der Waals surface area contributed by atoms with Crippen molar-refractivity contribution >= 4 is 44.1 Å². The lowest BCUT2D eigenvalue weighted by Crippen LogP contribution is -2.14. The van der Waals surface area contributed by atoms with Crippen LogP contribution in [0.2, 0.25) is 0 Å². The lowest BCUT2D eigenvalue weighted by molar-refractivity contribution is -0.117. The Morgan fingerprint density at radius 3 is 2.57 bits per heavy atom. The molecular weight excluding hydrogens is 416 g/mol. The maximum Gasteiger partial charge on any atom is 0.295 e. The predicted molar refractivity (Wildman–Crippen MR) is 108 cm³/mol. The predicted octanol–water partition coefficient (Wildman–Crippen LogP) is 3.70. The average molecular weight is 435 g/mol. The second-order valence-electron chi connectivity index (χ2n) is 7.34. The number of carbonyl (C=O) groups is 1. The van der Waals surface area contributed by atoms with Crippen LogP contribution in [-0.4, -0.2) is 35.5 Å². The van der Waals surface area contributed by atoms with Crippen LogP contribution in [0, 0.1) is 12.8 Å². The number of hydrogen-bond donors (Lipinski definition) is 3. The smallest absolute Gasteiger partial charge is 0.295 e. The molecule has 3 aromatic rings. The zero-order chi connectivity index (χ0) is 21.6. The molecule has 11 heteroatoms. The normalized spacial score (nSPS) is 14.3. The number of nitrogens with one attached hydrogen (secondary N) is 3. The van der Waals surface area contributed by atoms with Crippen molar-refractivity contribution in [3.8, 4) is 0 Å². The Labute approximate surface area is 171 Å². The van der Waals surface area contributed by atoms with Crippen LogP contribution in [0.15, 0.2) is 29.2 Å². The van der Waals surface area contributed by atoms with Crippen LogP contribution in [0.3, 0.4) is 0 Å². The minimum absolute atomic E-state index is 0.0504. The van der Waals surface area contributed by atoms with Gasteiger partial charge >= 0.3 is 0 Å². The molecular formula is C19H19F2N5O3S. The number of aryl methyl sites for hydroxylation is 1. The summed E-state index contributed by atoms with van der Waals surface area (Å²) in [6.45, 7) is 1.76. The summed E-state index contributed by atoms with van der Waals surface area (Å²) in [6, 6.07) is 6.27. The number of imidazole rings is 1. The fourth-order valence-corrected chi connectivity index (χ4v) is 3.95. The van der Waals surface area contributed by atoms with Crippen LogP contribution in [0.4, 0.5) is 26.0 Å². The summed E-state index contributed by atoms with van der Waals surface area (Å²) in [4.78, 5) is 22.7. The maximum atomic E-state index is 13.2. The van der Waals surface area contributed by atoms with Gasteiger partial charge in [-0.1, -0.05) is 6.07 Å². The number of amides is 1. The number of alkyl halides is 2. The van der Waals surface area contributed by atoms with E-state index >= 15 is 0 Å². The van der Waals surface area contributed by atoms with Gasteiger partial charge in [0, 0.05) is 18.2 Å². The molecule has 3 N–H and O–H groups in total. The minimum atomic E-state index is -3.57. The van der Waals surface area contributed by atoms with Gasteiger partial charge in [-0.3, -0.25) is 4.79 Å². The van der Waals surface area contributed by atoms with Gasteiger partial charge in [-0.05, 0) is 37.5 Å². The van der Waals surface area contributed by atoms with Crippen molar-refractivity contribution in [2.75, 3.05) is 16.9 Å². The molecule has 0 unspecified atom stereocenters. The number of carbonyl (C=O) groups excluding carboxylic acids is 1. The maximum absolute atomic E-state index is 13.2. The Morgan fingerprint density at radius 2 is 1.93 bits per heavy atom. The van der Waals surface area contributed by atoms with Crippen LogP contribution in [-0.2, 0) is 14.6 Å². The number of fused-ring (bicyclic) bond motifs is 1. The molecule has 4 rings (SSSR count). The van der Waals surface area contributed by atoms with Crippen molar-refractivity contribution in [2.45, 2.75) is 31.1 Å². The third-order valence-corrected chi connectivity index (χ3v) is 5.82. The highest BCUT2D eigenvalue weighted by Gasteiger charge is 2.30. The number of H-pyrrole nitrogens is 1. The molecule has 1 aliphatic carbocycles. The first-order valence-corrected chi connectivity index (χ1v) is 11.1. The molecule has 0 atom stereocenters. The molecule has 0 saturated heterocycles. The third kappa shape index (κ3) is 4.11. The van der Waals surface area contributed by atoms with E-state index < -0.39 is 22.1 Å². The number of hydrogen-bond acceptors (Lipinski definition) is 6. The molecule has 1 aromatic carbocycles. The van der Waals surface area contributed by atoms with Crippen LogP contribution in [0.25, 0.3) is 11.2 Å². The molecule has 2 heterocycles. The van der Waals surface area contributed by atoms with E-state index in [-0.39, 0.29) is 45.1 Å². The fraction of sp³-hybridized carbons (Fsp3) is 0.316. The van der Waals surface area contributed by atoms with Gasteiger partial charge in [-0.2, -0.15) is 0 Å². The summed E-state index contributed by atoms with van der Waals surface area (Å²) in [5.41, 5.74) is 1.40. The molecule has 1 saturated carbocycles. The van der Waals surface area contributed by atoms with Crippen LogP contribution < -0.4 is 10.6 Å². The summed E-state index contributed by atoms with van der Waals surface area (Å²) in [6.07, 6.45) is -0.179. The number of nitrogens with zero attached hydrogens (tertiary/aromatic N) is 2. The Balaban J connectivity index is 1.81. The Bertz CT molecular complexity index is 1250. The molecule has 8 nitrogen and oxygen atoms in total. The van der Waals surface area contributed by atoms with Gasteiger partial charge in [-0.25, -0.2) is 27.2 Å². The van der Waals surface area contributed by atoms with Crippen LogP contribution in [0.5, 0.6) is 0 Å². The highest BCUT2D eigenvalue weighted by molar-refractivity contribution is 7.90. The van der Waals surface area contributed by atoms with E-state index in [0.717, 1.165) is 24.7 Å². The quantitative estimate of drug-likeness (QED) is 0.544. The number of aromatic amines is 1. The number of pyridine rings is 1. The largest absolute Gasteiger partial charge is 0.352 e. The van der Waals surface area contributed by atoms with Gasteiger partial charge in [0.2, 0.25) is 5.91 Å². The molecule has 1 amide bonds. The van der Waals surface area contributed by atoms with Crippen LogP contribution >= 0.6 is 0 Å². The summed E-state index contributed by atoms with van der Waals surface area (Å²) >= 11 is 0. The van der Waals surface area contributed by atoms with E-state index in [1.807, 2.05) is 0 Å². The van der Waals surface area contributed by atoms with E-state index in [2.05, 4.69) is 25.6 Å². The Kier molecular flexibility index (Phi) is 4.92. The van der Waals surface area contributed by atoms with Crippen molar-refractivity contribution in [2.24, 2.45) is 5.92 Å². The first kappa shape index (κ1) is 20.2. The molecule has 2 aromatic heterocycles. The van der Waals surface area contributed by atoms with Crippen molar-refractivity contribution in [3.63, 3.8) is 0 Å². The first-order chi connectivity index (χ1) is 14.1. The van der Waals surface area contributed by atoms with Gasteiger partial charge in [0.25, 0.3) is 6.43 Å². The zero-order valence-corrected chi connectivity index (χ0v) is 17.0. The van der Waals surface area contributed by atoms with Gasteiger partial charge < -0.3 is 15.6 Å². The molecule has 1 fully saturated rings. The number of anilines is 3.